The van der Waals surface area contributed by atoms with Gasteiger partial charge in [-0.2, -0.15) is 0 Å². The fourth-order valence-corrected chi connectivity index (χ4v) is 6.89. The Morgan fingerprint density at radius 1 is 0.894 bits per heavy atom. The van der Waals surface area contributed by atoms with E-state index in [-0.39, 0.29) is 41.5 Å². The predicted molar refractivity (Wildman–Crippen MR) is 185 cm³/mol. The topological polar surface area (TPSA) is 96.0 Å². The third-order valence-electron chi connectivity index (χ3n) is 7.48. The third kappa shape index (κ3) is 9.14. The molecular weight excluding hydrogens is 638 g/mol. The maximum atomic E-state index is 15.1. The summed E-state index contributed by atoms with van der Waals surface area (Å²) >= 11 is 1.47. The zero-order chi connectivity index (χ0) is 33.8. The molecule has 0 saturated heterocycles. The normalized spacial score (nSPS) is 11.8. The number of amides is 2. The summed E-state index contributed by atoms with van der Waals surface area (Å²) in [6.07, 6.45) is 2.69. The molecular formula is C36H40FN3O5S2. The Bertz CT molecular complexity index is 1740. The first-order chi connectivity index (χ1) is 22.7. The Morgan fingerprint density at radius 2 is 1.55 bits per heavy atom. The summed E-state index contributed by atoms with van der Waals surface area (Å²) < 4.78 is 50.6. The standard InChI is InChI=1S/C36H40FN3O5S2/c1-4-23-38-36(42)33(24-27-13-7-6-8-14-27)39(25-28-15-9-10-16-31(28)37)35(41)26-40(32-17-11-12-18-34(32)45-5-2)47(43,44)30-21-19-29(46-3)20-22-30/h6-22,33H,4-5,23-26H2,1-3H3,(H,38,42). The van der Waals surface area contributed by atoms with Gasteiger partial charge in [-0.15, -0.1) is 11.8 Å². The van der Waals surface area contributed by atoms with Crippen LogP contribution in [-0.4, -0.2) is 57.1 Å². The van der Waals surface area contributed by atoms with Crippen molar-refractivity contribution < 1.29 is 27.1 Å². The number of benzene rings is 4. The zero-order valence-electron chi connectivity index (χ0n) is 26.8. The highest BCUT2D eigenvalue weighted by Gasteiger charge is 2.35. The number of thioether (sulfide) groups is 1. The van der Waals surface area contributed by atoms with Crippen molar-refractivity contribution in [1.29, 1.82) is 0 Å². The molecule has 4 aromatic rings. The molecule has 8 nitrogen and oxygen atoms in total. The second kappa shape index (κ2) is 17.0. The molecule has 0 saturated carbocycles. The van der Waals surface area contributed by atoms with Gasteiger partial charge in [-0.05, 0) is 67.6 Å². The Balaban J connectivity index is 1.84. The summed E-state index contributed by atoms with van der Waals surface area (Å²) in [5, 5.41) is 2.89. The van der Waals surface area contributed by atoms with Crippen molar-refractivity contribution in [2.24, 2.45) is 0 Å². The van der Waals surface area contributed by atoms with E-state index in [0.29, 0.717) is 13.0 Å². The van der Waals surface area contributed by atoms with E-state index in [1.54, 1.807) is 61.5 Å². The quantitative estimate of drug-likeness (QED) is 0.140. The molecule has 4 aromatic carbocycles. The Hall–Kier alpha value is -4.35. The Labute approximate surface area is 281 Å². The maximum absolute atomic E-state index is 15.1. The lowest BCUT2D eigenvalue weighted by atomic mass is 10.0. The van der Waals surface area contributed by atoms with E-state index in [0.717, 1.165) is 14.8 Å². The van der Waals surface area contributed by atoms with Crippen molar-refractivity contribution in [1.82, 2.24) is 10.2 Å². The summed E-state index contributed by atoms with van der Waals surface area (Å²) in [6.45, 7) is 3.40. The van der Waals surface area contributed by atoms with Crippen LogP contribution in [0.3, 0.4) is 0 Å². The molecule has 248 valence electrons. The summed E-state index contributed by atoms with van der Waals surface area (Å²) in [7, 11) is -4.33. The number of carbonyl (C=O) groups is 2. The SMILES string of the molecule is CCCNC(=O)C(Cc1ccccc1)N(Cc1ccccc1F)C(=O)CN(c1ccccc1OCC)S(=O)(=O)c1ccc(SC)cc1. The van der Waals surface area contributed by atoms with Gasteiger partial charge in [0.2, 0.25) is 11.8 Å². The van der Waals surface area contributed by atoms with Gasteiger partial charge in [-0.25, -0.2) is 12.8 Å². The van der Waals surface area contributed by atoms with E-state index >= 15 is 4.39 Å². The molecule has 1 atom stereocenters. The minimum Gasteiger partial charge on any atom is -0.492 e. The van der Waals surface area contributed by atoms with Crippen LogP contribution in [0.5, 0.6) is 5.75 Å². The average Bonchev–Trinajstić information content (AvgIpc) is 3.09. The monoisotopic (exact) mass is 677 g/mol. The van der Waals surface area contributed by atoms with Crippen LogP contribution >= 0.6 is 11.8 Å². The van der Waals surface area contributed by atoms with Gasteiger partial charge < -0.3 is 15.0 Å². The smallest absolute Gasteiger partial charge is 0.264 e. The number of ether oxygens (including phenoxy) is 1. The van der Waals surface area contributed by atoms with Crippen LogP contribution < -0.4 is 14.4 Å². The van der Waals surface area contributed by atoms with Gasteiger partial charge in [-0.1, -0.05) is 67.6 Å². The zero-order valence-corrected chi connectivity index (χ0v) is 28.4. The van der Waals surface area contributed by atoms with E-state index in [4.69, 9.17) is 4.74 Å². The molecule has 1 N–H and O–H groups in total. The number of nitrogens with zero attached hydrogens (tertiary/aromatic N) is 2. The van der Waals surface area contributed by atoms with E-state index in [2.05, 4.69) is 5.32 Å². The van der Waals surface area contributed by atoms with Crippen LogP contribution in [0.2, 0.25) is 0 Å². The molecule has 0 aromatic heterocycles. The van der Waals surface area contributed by atoms with Crippen molar-refractivity contribution in [2.75, 3.05) is 30.3 Å². The summed E-state index contributed by atoms with van der Waals surface area (Å²) in [5.74, 6) is -1.37. The first-order valence-corrected chi connectivity index (χ1v) is 18.1. The molecule has 11 heteroatoms. The van der Waals surface area contributed by atoms with Gasteiger partial charge in [0.05, 0.1) is 17.2 Å². The van der Waals surface area contributed by atoms with E-state index in [1.807, 2.05) is 43.5 Å². The Morgan fingerprint density at radius 3 is 2.21 bits per heavy atom. The molecule has 0 fully saturated rings. The van der Waals surface area contributed by atoms with Crippen LogP contribution in [-0.2, 0) is 32.6 Å². The number of para-hydroxylation sites is 2. The van der Waals surface area contributed by atoms with Crippen molar-refractivity contribution in [3.8, 4) is 5.75 Å². The van der Waals surface area contributed by atoms with E-state index < -0.39 is 40.2 Å². The number of hydrogen-bond donors (Lipinski definition) is 1. The third-order valence-corrected chi connectivity index (χ3v) is 10.00. The van der Waals surface area contributed by atoms with Crippen LogP contribution in [0, 0.1) is 5.82 Å². The Kier molecular flexibility index (Phi) is 12.8. The van der Waals surface area contributed by atoms with Crippen LogP contribution in [0.1, 0.15) is 31.4 Å². The van der Waals surface area contributed by atoms with E-state index in [9.17, 15) is 18.0 Å². The molecule has 0 heterocycles. The van der Waals surface area contributed by atoms with Gasteiger partial charge in [0.15, 0.2) is 0 Å². The van der Waals surface area contributed by atoms with Crippen LogP contribution in [0.4, 0.5) is 10.1 Å². The van der Waals surface area contributed by atoms with E-state index in [1.165, 1.54) is 34.9 Å². The van der Waals surface area contributed by atoms with Crippen molar-refractivity contribution in [3.05, 3.63) is 120 Å². The fourth-order valence-electron chi connectivity index (χ4n) is 5.06. The van der Waals surface area contributed by atoms with Gasteiger partial charge in [0.1, 0.15) is 24.2 Å². The average molecular weight is 678 g/mol. The van der Waals surface area contributed by atoms with Gasteiger partial charge >= 0.3 is 0 Å². The van der Waals surface area contributed by atoms with Crippen molar-refractivity contribution >= 4 is 39.3 Å². The summed E-state index contributed by atoms with van der Waals surface area (Å²) in [4.78, 5) is 30.5. The molecule has 0 radical (unpaired) electrons. The van der Waals surface area contributed by atoms with Crippen LogP contribution in [0.25, 0.3) is 0 Å². The molecule has 1 unspecified atom stereocenters. The highest BCUT2D eigenvalue weighted by atomic mass is 32.2. The number of sulfonamides is 1. The first-order valence-electron chi connectivity index (χ1n) is 15.4. The number of rotatable bonds is 16. The molecule has 0 spiro atoms. The fraction of sp³-hybridized carbons (Fsp3) is 0.278. The highest BCUT2D eigenvalue weighted by molar-refractivity contribution is 7.98. The van der Waals surface area contributed by atoms with Crippen LogP contribution in [0.15, 0.2) is 113 Å². The summed E-state index contributed by atoms with van der Waals surface area (Å²) in [6, 6.07) is 27.1. The van der Waals surface area contributed by atoms with Gasteiger partial charge in [-0.3, -0.25) is 13.9 Å². The number of carbonyl (C=O) groups excluding carboxylic acids is 2. The molecule has 0 aliphatic carbocycles. The number of nitrogens with one attached hydrogen (secondary N) is 1. The molecule has 47 heavy (non-hydrogen) atoms. The molecule has 0 bridgehead atoms. The highest BCUT2D eigenvalue weighted by Crippen LogP contribution is 2.33. The van der Waals surface area contributed by atoms with Crippen molar-refractivity contribution in [2.45, 2.75) is 49.1 Å². The minimum absolute atomic E-state index is 0.0171. The van der Waals surface area contributed by atoms with Crippen molar-refractivity contribution in [3.63, 3.8) is 0 Å². The number of anilines is 1. The lowest BCUT2D eigenvalue weighted by Crippen LogP contribution is -2.53. The molecule has 2 amide bonds. The molecule has 0 aliphatic rings. The summed E-state index contributed by atoms with van der Waals surface area (Å²) in [5.41, 5.74) is 1.15. The molecule has 4 rings (SSSR count). The predicted octanol–water partition coefficient (Wildman–Crippen LogP) is 6.31. The second-order valence-electron chi connectivity index (χ2n) is 10.7. The second-order valence-corrected chi connectivity index (χ2v) is 13.4. The number of hydrogen-bond acceptors (Lipinski definition) is 6. The first kappa shape index (κ1) is 35.5. The largest absolute Gasteiger partial charge is 0.492 e. The van der Waals surface area contributed by atoms with Gasteiger partial charge in [0.25, 0.3) is 10.0 Å². The lowest BCUT2D eigenvalue weighted by molar-refractivity contribution is -0.140. The lowest BCUT2D eigenvalue weighted by Gasteiger charge is -2.34. The molecule has 0 aliphatic heterocycles. The van der Waals surface area contributed by atoms with Gasteiger partial charge in [0, 0.05) is 30.0 Å². The minimum atomic E-state index is -4.33. The number of halogens is 1. The maximum Gasteiger partial charge on any atom is 0.264 e.